The van der Waals surface area contributed by atoms with Crippen molar-refractivity contribution in [2.45, 2.75) is 40.5 Å². The third kappa shape index (κ3) is 5.36. The highest BCUT2D eigenvalue weighted by atomic mass is 19.1. The van der Waals surface area contributed by atoms with Crippen LogP contribution in [0.3, 0.4) is 0 Å². The number of para-hydroxylation sites is 1. The minimum atomic E-state index is -0.603. The number of aromatic hydroxyl groups is 1. The molecule has 5 heteroatoms. The molecule has 2 aromatic carbocycles. The summed E-state index contributed by atoms with van der Waals surface area (Å²) in [4.78, 5) is 16.8. The van der Waals surface area contributed by atoms with Gasteiger partial charge in [-0.05, 0) is 75.9 Å². The van der Waals surface area contributed by atoms with Crippen molar-refractivity contribution in [2.24, 2.45) is 5.92 Å². The van der Waals surface area contributed by atoms with Crippen molar-refractivity contribution in [1.82, 2.24) is 4.90 Å². The van der Waals surface area contributed by atoms with E-state index in [1.807, 2.05) is 26.0 Å². The third-order valence-corrected chi connectivity index (χ3v) is 6.11. The first-order valence-corrected chi connectivity index (χ1v) is 11.3. The predicted molar refractivity (Wildman–Crippen MR) is 133 cm³/mol. The molecule has 1 aliphatic rings. The molecule has 0 saturated carbocycles. The van der Waals surface area contributed by atoms with Crippen LogP contribution in [-0.4, -0.2) is 29.0 Å². The van der Waals surface area contributed by atoms with Gasteiger partial charge in [-0.2, -0.15) is 0 Å². The van der Waals surface area contributed by atoms with E-state index in [1.165, 1.54) is 12.1 Å². The molecule has 2 aromatic rings. The molecule has 1 N–H and O–H groups in total. The number of anilines is 1. The summed E-state index contributed by atoms with van der Waals surface area (Å²) in [5, 5.41) is 9.95. The lowest BCUT2D eigenvalue weighted by molar-refractivity contribution is 0.0696. The van der Waals surface area contributed by atoms with Gasteiger partial charge in [0.05, 0.1) is 5.56 Å². The second kappa shape index (κ2) is 10.1. The van der Waals surface area contributed by atoms with Crippen LogP contribution in [0.1, 0.15) is 48.2 Å². The minimum Gasteiger partial charge on any atom is -0.508 e. The lowest BCUT2D eigenvalue weighted by Gasteiger charge is -2.38. The Bertz CT molecular complexity index is 1110. The number of benzene rings is 2. The van der Waals surface area contributed by atoms with Crippen molar-refractivity contribution >= 4 is 11.6 Å². The van der Waals surface area contributed by atoms with Gasteiger partial charge in [0, 0.05) is 36.1 Å². The minimum absolute atomic E-state index is 0.0726. The molecule has 1 heterocycles. The zero-order chi connectivity index (χ0) is 24.3. The molecule has 1 aliphatic heterocycles. The Kier molecular flexibility index (Phi) is 7.42. The molecule has 0 aromatic heterocycles. The molecule has 1 fully saturated rings. The summed E-state index contributed by atoms with van der Waals surface area (Å²) in [6.45, 7) is 17.0. The highest BCUT2D eigenvalue weighted by Crippen LogP contribution is 2.36. The van der Waals surface area contributed by atoms with E-state index in [0.29, 0.717) is 18.7 Å². The van der Waals surface area contributed by atoms with Gasteiger partial charge in [0.2, 0.25) is 0 Å². The largest absolute Gasteiger partial charge is 0.508 e. The van der Waals surface area contributed by atoms with E-state index in [0.717, 1.165) is 41.1 Å². The number of carbonyl (C=O) groups excluding carboxylic acids is 1. The fourth-order valence-electron chi connectivity index (χ4n) is 4.37. The third-order valence-electron chi connectivity index (χ3n) is 6.11. The number of carbonyl (C=O) groups is 1. The molecule has 33 heavy (non-hydrogen) atoms. The molecule has 4 nitrogen and oxygen atoms in total. The normalized spacial score (nSPS) is 14.8. The Balaban J connectivity index is 1.85. The Morgan fingerprint density at radius 2 is 1.76 bits per heavy atom. The summed E-state index contributed by atoms with van der Waals surface area (Å²) in [6.07, 6.45) is 3.57. The maximum absolute atomic E-state index is 14.4. The first-order chi connectivity index (χ1) is 15.6. The number of piperidine rings is 1. The average Bonchev–Trinajstić information content (AvgIpc) is 2.76. The fourth-order valence-corrected chi connectivity index (χ4v) is 4.37. The van der Waals surface area contributed by atoms with Gasteiger partial charge in [-0.15, -0.1) is 0 Å². The van der Waals surface area contributed by atoms with Crippen LogP contribution in [0.15, 0.2) is 72.6 Å². The number of phenolic OH excluding ortho intramolecular Hbond substituents is 1. The maximum atomic E-state index is 14.4. The van der Waals surface area contributed by atoms with Crippen LogP contribution < -0.4 is 4.90 Å². The maximum Gasteiger partial charge on any atom is 0.256 e. The van der Waals surface area contributed by atoms with Gasteiger partial charge in [0.25, 0.3) is 5.91 Å². The first kappa shape index (κ1) is 24.3. The van der Waals surface area contributed by atoms with E-state index in [1.54, 1.807) is 11.8 Å². The smallest absolute Gasteiger partial charge is 0.256 e. The second-order valence-electron chi connectivity index (χ2n) is 8.96. The zero-order valence-electron chi connectivity index (χ0n) is 20.0. The Hall–Kier alpha value is -3.34. The van der Waals surface area contributed by atoms with E-state index in [2.05, 4.69) is 43.2 Å². The number of allylic oxidation sites excluding steroid dienone is 4. The molecule has 3 rings (SSSR count). The van der Waals surface area contributed by atoms with Crippen LogP contribution in [0, 0.1) is 25.6 Å². The molecule has 0 bridgehead atoms. The van der Waals surface area contributed by atoms with Crippen molar-refractivity contribution in [1.29, 1.82) is 0 Å². The van der Waals surface area contributed by atoms with Gasteiger partial charge >= 0.3 is 0 Å². The monoisotopic (exact) mass is 448 g/mol. The average molecular weight is 449 g/mol. The molecule has 0 aliphatic carbocycles. The van der Waals surface area contributed by atoms with Gasteiger partial charge in [-0.3, -0.25) is 4.79 Å². The summed E-state index contributed by atoms with van der Waals surface area (Å²) in [6, 6.07) is 10.6. The fraction of sp³-hybridized carbons (Fsp3) is 0.321. The summed E-state index contributed by atoms with van der Waals surface area (Å²) in [5.41, 5.74) is 5.51. The van der Waals surface area contributed by atoms with Crippen molar-refractivity contribution in [2.75, 3.05) is 18.0 Å². The number of amides is 1. The van der Waals surface area contributed by atoms with E-state index in [-0.39, 0.29) is 23.1 Å². The quantitative estimate of drug-likeness (QED) is 0.513. The number of rotatable bonds is 6. The molecule has 0 radical (unpaired) electrons. The number of likely N-dealkylation sites (tertiary alicyclic amines) is 1. The second-order valence-corrected chi connectivity index (χ2v) is 8.96. The molecule has 0 atom stereocenters. The number of phenols is 1. The predicted octanol–water partition coefficient (Wildman–Crippen LogP) is 6.50. The summed E-state index contributed by atoms with van der Waals surface area (Å²) >= 11 is 0. The van der Waals surface area contributed by atoms with Crippen molar-refractivity contribution < 1.29 is 14.3 Å². The molecule has 174 valence electrons. The van der Waals surface area contributed by atoms with Crippen LogP contribution in [0.5, 0.6) is 5.75 Å². The summed E-state index contributed by atoms with van der Waals surface area (Å²) < 4.78 is 14.4. The highest BCUT2D eigenvalue weighted by Gasteiger charge is 2.30. The van der Waals surface area contributed by atoms with E-state index >= 15 is 0 Å². The van der Waals surface area contributed by atoms with Crippen molar-refractivity contribution in [3.8, 4) is 5.75 Å². The van der Waals surface area contributed by atoms with Crippen LogP contribution in [0.2, 0.25) is 0 Å². The lowest BCUT2D eigenvalue weighted by atomic mass is 9.90. The molecule has 0 unspecified atom stereocenters. The summed E-state index contributed by atoms with van der Waals surface area (Å²) in [5.74, 6) is -0.870. The standard InChI is InChI=1S/C28H33FN2O2/c1-18(2)15-26(31(19(3)4)25-10-8-7-9-20(25)5)22-11-13-30(14-12-22)28(33)23-17-27(32)21(6)16-24(23)29/h7-10,15-17,22,32H,1,3,11-14H2,2,4-6H3/b26-15-. The molecule has 1 amide bonds. The molecule has 1 saturated heterocycles. The number of halogens is 1. The number of nitrogens with zero attached hydrogens (tertiary/aromatic N) is 2. The van der Waals surface area contributed by atoms with E-state index in [9.17, 15) is 14.3 Å². The van der Waals surface area contributed by atoms with Crippen LogP contribution >= 0.6 is 0 Å². The van der Waals surface area contributed by atoms with E-state index in [4.69, 9.17) is 0 Å². The lowest BCUT2D eigenvalue weighted by Crippen LogP contribution is -2.41. The topological polar surface area (TPSA) is 43.8 Å². The molecular weight excluding hydrogens is 415 g/mol. The van der Waals surface area contributed by atoms with Gasteiger partial charge in [0.1, 0.15) is 11.6 Å². The Labute approximate surface area is 196 Å². The van der Waals surface area contributed by atoms with Crippen LogP contribution in [0.25, 0.3) is 0 Å². The van der Waals surface area contributed by atoms with Gasteiger partial charge in [-0.25, -0.2) is 4.39 Å². The van der Waals surface area contributed by atoms with Gasteiger partial charge < -0.3 is 14.9 Å². The molecular formula is C28H33FN2O2. The Morgan fingerprint density at radius 1 is 1.12 bits per heavy atom. The molecule has 0 spiro atoms. The van der Waals surface area contributed by atoms with Crippen LogP contribution in [-0.2, 0) is 0 Å². The Morgan fingerprint density at radius 3 is 2.33 bits per heavy atom. The van der Waals surface area contributed by atoms with E-state index < -0.39 is 5.82 Å². The zero-order valence-corrected chi connectivity index (χ0v) is 20.0. The number of hydrogen-bond donors (Lipinski definition) is 1. The van der Waals surface area contributed by atoms with Crippen LogP contribution in [0.4, 0.5) is 10.1 Å². The highest BCUT2D eigenvalue weighted by molar-refractivity contribution is 5.95. The first-order valence-electron chi connectivity index (χ1n) is 11.3. The van der Waals surface area contributed by atoms with Gasteiger partial charge in [-0.1, -0.05) is 36.9 Å². The van der Waals surface area contributed by atoms with Crippen molar-refractivity contribution in [3.05, 3.63) is 95.1 Å². The number of hydrogen-bond acceptors (Lipinski definition) is 3. The SMILES string of the molecule is C=C(C)/C=C(/C1CCN(C(=O)c2cc(O)c(C)cc2F)CC1)N(C(=C)C)c1ccccc1C. The summed E-state index contributed by atoms with van der Waals surface area (Å²) in [7, 11) is 0. The number of aryl methyl sites for hydroxylation is 2. The van der Waals surface area contributed by atoms with Crippen molar-refractivity contribution in [3.63, 3.8) is 0 Å². The van der Waals surface area contributed by atoms with Gasteiger partial charge in [0.15, 0.2) is 0 Å².